The number of nitrogens with one attached hydrogen (secondary N) is 1. The summed E-state index contributed by atoms with van der Waals surface area (Å²) in [4.78, 5) is 17.9. The van der Waals surface area contributed by atoms with Crippen molar-refractivity contribution in [1.82, 2.24) is 15.1 Å². The average molecular weight is 442 g/mol. The van der Waals surface area contributed by atoms with Gasteiger partial charge in [-0.2, -0.15) is 0 Å². The number of carbonyl (C=O) groups excluding carboxylic acids is 1. The number of piperazine rings is 1. The Labute approximate surface area is 187 Å². The zero-order valence-electron chi connectivity index (χ0n) is 16.9. The third kappa shape index (κ3) is 4.96. The van der Waals surface area contributed by atoms with Crippen molar-refractivity contribution in [3.05, 3.63) is 81.8 Å². The Morgan fingerprint density at radius 3 is 2.30 bits per heavy atom. The van der Waals surface area contributed by atoms with Gasteiger partial charge in [-0.1, -0.05) is 59.6 Å². The summed E-state index contributed by atoms with van der Waals surface area (Å²) >= 11 is 12.2. The second-order valence-electron chi connectivity index (χ2n) is 7.84. The van der Waals surface area contributed by atoms with E-state index in [2.05, 4.69) is 52.5 Å². The maximum atomic E-state index is 13.4. The van der Waals surface area contributed by atoms with Crippen LogP contribution < -0.4 is 5.32 Å². The minimum absolute atomic E-state index is 0.00840. The lowest BCUT2D eigenvalue weighted by Gasteiger charge is -2.37. The maximum Gasteiger partial charge on any atom is 0.242 e. The fourth-order valence-corrected chi connectivity index (χ4v) is 4.56. The van der Waals surface area contributed by atoms with Crippen molar-refractivity contribution < 1.29 is 4.79 Å². The molecule has 4 rings (SSSR count). The van der Waals surface area contributed by atoms with E-state index in [9.17, 15) is 4.79 Å². The van der Waals surface area contributed by atoms with E-state index in [4.69, 9.17) is 23.2 Å². The van der Waals surface area contributed by atoms with E-state index in [-0.39, 0.29) is 11.9 Å². The zero-order valence-corrected chi connectivity index (χ0v) is 18.5. The smallest absolute Gasteiger partial charge is 0.242 e. The number of likely N-dealkylation sites (N-methyl/N-ethyl adjacent to an activating group) is 1. The molecule has 1 fully saturated rings. The van der Waals surface area contributed by atoms with Crippen molar-refractivity contribution in [3.63, 3.8) is 0 Å². The summed E-state index contributed by atoms with van der Waals surface area (Å²) in [6.45, 7) is 3.98. The molecule has 1 N–H and O–H groups in total. The first-order chi connectivity index (χ1) is 14.5. The van der Waals surface area contributed by atoms with Gasteiger partial charge in [0.15, 0.2) is 0 Å². The Hall–Kier alpha value is -2.11. The van der Waals surface area contributed by atoms with Crippen LogP contribution in [0.2, 0.25) is 10.0 Å². The van der Waals surface area contributed by atoms with Crippen LogP contribution in [0.4, 0.5) is 0 Å². The second kappa shape index (κ2) is 9.36. The molecule has 1 heterocycles. The van der Waals surface area contributed by atoms with Crippen LogP contribution in [0.25, 0.3) is 10.8 Å². The Balaban J connectivity index is 1.59. The molecule has 6 heteroatoms. The van der Waals surface area contributed by atoms with Gasteiger partial charge in [0.1, 0.15) is 6.04 Å². The Kier molecular flexibility index (Phi) is 6.59. The fraction of sp³-hybridized carbons (Fsp3) is 0.292. The van der Waals surface area contributed by atoms with Crippen LogP contribution in [0.15, 0.2) is 60.7 Å². The molecule has 1 saturated heterocycles. The van der Waals surface area contributed by atoms with Crippen LogP contribution >= 0.6 is 23.2 Å². The van der Waals surface area contributed by atoms with E-state index >= 15 is 0 Å². The summed E-state index contributed by atoms with van der Waals surface area (Å²) in [7, 11) is 2.12. The topological polar surface area (TPSA) is 35.6 Å². The highest BCUT2D eigenvalue weighted by Crippen LogP contribution is 2.27. The molecule has 0 radical (unpaired) electrons. The van der Waals surface area contributed by atoms with Crippen LogP contribution in [0.1, 0.15) is 17.2 Å². The first-order valence-corrected chi connectivity index (χ1v) is 10.9. The molecule has 30 heavy (non-hydrogen) atoms. The molecule has 4 nitrogen and oxygen atoms in total. The average Bonchev–Trinajstić information content (AvgIpc) is 2.73. The number of rotatable bonds is 5. The van der Waals surface area contributed by atoms with Crippen LogP contribution in [0, 0.1) is 0 Å². The van der Waals surface area contributed by atoms with Crippen molar-refractivity contribution >= 4 is 39.9 Å². The fourth-order valence-electron chi connectivity index (χ4n) is 3.98. The highest BCUT2D eigenvalue weighted by atomic mass is 35.5. The first kappa shape index (κ1) is 21.1. The van der Waals surface area contributed by atoms with E-state index in [1.165, 1.54) is 5.39 Å². The van der Waals surface area contributed by atoms with Crippen molar-refractivity contribution in [2.45, 2.75) is 12.6 Å². The SMILES string of the molecule is CN1CCN(C(C(=O)NCc2cc(Cl)cc(Cl)c2)c2ccc3ccccc3c2)CC1. The summed E-state index contributed by atoms with van der Waals surface area (Å²) in [5, 5.41) is 6.55. The minimum atomic E-state index is -0.335. The number of fused-ring (bicyclic) bond motifs is 1. The number of nitrogens with zero attached hydrogens (tertiary/aromatic N) is 2. The van der Waals surface area contributed by atoms with Gasteiger partial charge < -0.3 is 10.2 Å². The van der Waals surface area contributed by atoms with Crippen LogP contribution in [-0.4, -0.2) is 48.9 Å². The molecular weight excluding hydrogens is 417 g/mol. The zero-order chi connectivity index (χ0) is 21.1. The maximum absolute atomic E-state index is 13.4. The van der Waals surface area contributed by atoms with Crippen molar-refractivity contribution in [2.24, 2.45) is 0 Å². The lowest BCUT2D eigenvalue weighted by atomic mass is 9.99. The number of carbonyl (C=O) groups is 1. The number of hydrogen-bond acceptors (Lipinski definition) is 3. The molecule has 0 aliphatic carbocycles. The van der Waals surface area contributed by atoms with Crippen LogP contribution in [0.3, 0.4) is 0 Å². The number of hydrogen-bond donors (Lipinski definition) is 1. The van der Waals surface area contributed by atoms with E-state index in [1.54, 1.807) is 6.07 Å². The normalized spacial score (nSPS) is 16.5. The van der Waals surface area contributed by atoms with E-state index in [0.717, 1.165) is 42.7 Å². The first-order valence-electron chi connectivity index (χ1n) is 10.1. The Morgan fingerprint density at radius 2 is 1.60 bits per heavy atom. The molecule has 3 aromatic carbocycles. The highest BCUT2D eigenvalue weighted by Gasteiger charge is 2.29. The summed E-state index contributed by atoms with van der Waals surface area (Å²) in [5.41, 5.74) is 1.90. The predicted molar refractivity (Wildman–Crippen MR) is 124 cm³/mol. The Morgan fingerprint density at radius 1 is 0.933 bits per heavy atom. The van der Waals surface area contributed by atoms with Gasteiger partial charge in [-0.15, -0.1) is 0 Å². The summed E-state index contributed by atoms with van der Waals surface area (Å²) in [6.07, 6.45) is 0. The van der Waals surface area contributed by atoms with Crippen LogP contribution in [0.5, 0.6) is 0 Å². The Bertz CT molecular complexity index is 1030. The molecule has 0 saturated carbocycles. The molecule has 0 aromatic heterocycles. The monoisotopic (exact) mass is 441 g/mol. The van der Waals surface area contributed by atoms with Gasteiger partial charge in [-0.25, -0.2) is 0 Å². The van der Waals surface area contributed by atoms with E-state index in [0.29, 0.717) is 16.6 Å². The van der Waals surface area contributed by atoms with Gasteiger partial charge in [-0.05, 0) is 53.2 Å². The highest BCUT2D eigenvalue weighted by molar-refractivity contribution is 6.34. The lowest BCUT2D eigenvalue weighted by Crippen LogP contribution is -2.49. The van der Waals surface area contributed by atoms with Gasteiger partial charge in [0, 0.05) is 42.8 Å². The molecule has 0 bridgehead atoms. The molecule has 0 spiro atoms. The molecule has 3 aromatic rings. The van der Waals surface area contributed by atoms with E-state index in [1.807, 2.05) is 24.3 Å². The third-order valence-corrected chi connectivity index (χ3v) is 6.07. The molecule has 156 valence electrons. The minimum Gasteiger partial charge on any atom is -0.350 e. The van der Waals surface area contributed by atoms with Gasteiger partial charge in [0.2, 0.25) is 5.91 Å². The van der Waals surface area contributed by atoms with Gasteiger partial charge in [-0.3, -0.25) is 9.69 Å². The molecule has 1 aliphatic rings. The lowest BCUT2D eigenvalue weighted by molar-refractivity contribution is -0.127. The quantitative estimate of drug-likeness (QED) is 0.620. The van der Waals surface area contributed by atoms with E-state index < -0.39 is 0 Å². The number of amides is 1. The summed E-state index contributed by atoms with van der Waals surface area (Å²) < 4.78 is 0. The number of halogens is 2. The third-order valence-electron chi connectivity index (χ3n) is 5.63. The molecule has 1 atom stereocenters. The van der Waals surface area contributed by atoms with Crippen molar-refractivity contribution in [3.8, 4) is 0 Å². The van der Waals surface area contributed by atoms with Gasteiger partial charge >= 0.3 is 0 Å². The molecule has 1 unspecified atom stereocenters. The molecule has 1 amide bonds. The predicted octanol–water partition coefficient (Wildman–Crippen LogP) is 4.75. The van der Waals surface area contributed by atoms with Crippen LogP contribution in [-0.2, 0) is 11.3 Å². The largest absolute Gasteiger partial charge is 0.350 e. The van der Waals surface area contributed by atoms with Crippen molar-refractivity contribution in [2.75, 3.05) is 33.2 Å². The molecule has 1 aliphatic heterocycles. The van der Waals surface area contributed by atoms with Gasteiger partial charge in [0.25, 0.3) is 0 Å². The van der Waals surface area contributed by atoms with Gasteiger partial charge in [0.05, 0.1) is 0 Å². The summed E-state index contributed by atoms with van der Waals surface area (Å²) in [6, 6.07) is 19.5. The van der Waals surface area contributed by atoms with Crippen molar-refractivity contribution in [1.29, 1.82) is 0 Å². The summed E-state index contributed by atoms with van der Waals surface area (Å²) in [5.74, 6) is -0.00840. The number of benzene rings is 3. The molecular formula is C24H25Cl2N3O. The standard InChI is InChI=1S/C24H25Cl2N3O/c1-28-8-10-29(11-9-28)23(20-7-6-18-4-2-3-5-19(18)14-20)24(30)27-16-17-12-21(25)15-22(26)13-17/h2-7,12-15,23H,8-11,16H2,1H3,(H,27,30). The second-order valence-corrected chi connectivity index (χ2v) is 8.72.